The number of benzene rings is 1. The van der Waals surface area contributed by atoms with Crippen LogP contribution in [0.2, 0.25) is 0 Å². The highest BCUT2D eigenvalue weighted by molar-refractivity contribution is 7.89. The SMILES string of the molecule is Cc1cc(C)c(S(=O)(=O)NC2CCC(O)CC2)c(C)c1N. The molecule has 0 radical (unpaired) electrons. The zero-order valence-electron chi connectivity index (χ0n) is 12.8. The summed E-state index contributed by atoms with van der Waals surface area (Å²) < 4.78 is 28.1. The molecule has 0 saturated heterocycles. The molecule has 0 spiro atoms. The van der Waals surface area contributed by atoms with Crippen molar-refractivity contribution in [1.29, 1.82) is 0 Å². The number of aliphatic hydroxyl groups excluding tert-OH is 1. The number of nitrogens with two attached hydrogens (primary N) is 1. The van der Waals surface area contributed by atoms with E-state index in [1.165, 1.54) is 0 Å². The lowest BCUT2D eigenvalue weighted by molar-refractivity contribution is 0.120. The molecule has 0 unspecified atom stereocenters. The normalized spacial score (nSPS) is 23.2. The van der Waals surface area contributed by atoms with Gasteiger partial charge in [-0.2, -0.15) is 0 Å². The van der Waals surface area contributed by atoms with E-state index in [1.807, 2.05) is 13.0 Å². The maximum absolute atomic E-state index is 12.7. The minimum atomic E-state index is -3.59. The third kappa shape index (κ3) is 3.39. The molecule has 4 N–H and O–H groups in total. The van der Waals surface area contributed by atoms with Crippen LogP contribution in [0.4, 0.5) is 5.69 Å². The van der Waals surface area contributed by atoms with E-state index in [1.54, 1.807) is 13.8 Å². The first-order valence-electron chi connectivity index (χ1n) is 7.29. The van der Waals surface area contributed by atoms with E-state index in [2.05, 4.69) is 4.72 Å². The van der Waals surface area contributed by atoms with Gasteiger partial charge in [-0.15, -0.1) is 0 Å². The van der Waals surface area contributed by atoms with Gasteiger partial charge in [0.05, 0.1) is 11.0 Å². The summed E-state index contributed by atoms with van der Waals surface area (Å²) in [4.78, 5) is 0.289. The van der Waals surface area contributed by atoms with Crippen molar-refractivity contribution in [3.8, 4) is 0 Å². The van der Waals surface area contributed by atoms with Crippen molar-refractivity contribution in [2.45, 2.75) is 63.5 Å². The second-order valence-electron chi connectivity index (χ2n) is 6.00. The summed E-state index contributed by atoms with van der Waals surface area (Å²) in [5, 5.41) is 9.50. The van der Waals surface area contributed by atoms with E-state index in [-0.39, 0.29) is 17.0 Å². The van der Waals surface area contributed by atoms with Crippen LogP contribution in [0.25, 0.3) is 0 Å². The molecule has 1 fully saturated rings. The number of nitrogen functional groups attached to an aromatic ring is 1. The minimum absolute atomic E-state index is 0.111. The Morgan fingerprint density at radius 1 is 1.14 bits per heavy atom. The lowest BCUT2D eigenvalue weighted by Gasteiger charge is -2.26. The van der Waals surface area contributed by atoms with E-state index >= 15 is 0 Å². The first-order valence-corrected chi connectivity index (χ1v) is 8.77. The van der Waals surface area contributed by atoms with E-state index in [0.717, 1.165) is 5.56 Å². The van der Waals surface area contributed by atoms with Crippen LogP contribution in [0.1, 0.15) is 42.4 Å². The average molecular weight is 312 g/mol. The van der Waals surface area contributed by atoms with Crippen LogP contribution in [-0.4, -0.2) is 25.7 Å². The molecule has 0 amide bonds. The van der Waals surface area contributed by atoms with Gasteiger partial charge in [-0.25, -0.2) is 13.1 Å². The van der Waals surface area contributed by atoms with Gasteiger partial charge in [-0.1, -0.05) is 6.07 Å². The maximum Gasteiger partial charge on any atom is 0.241 e. The van der Waals surface area contributed by atoms with Gasteiger partial charge >= 0.3 is 0 Å². The van der Waals surface area contributed by atoms with Crippen molar-refractivity contribution in [3.05, 3.63) is 22.8 Å². The standard InChI is InChI=1S/C15H24N2O3S/c1-9-8-10(2)15(11(3)14(9)16)21(19,20)17-12-4-6-13(18)7-5-12/h8,12-13,17-18H,4-7,16H2,1-3H3. The summed E-state index contributed by atoms with van der Waals surface area (Å²) in [7, 11) is -3.59. The van der Waals surface area contributed by atoms with Gasteiger partial charge in [0.1, 0.15) is 0 Å². The van der Waals surface area contributed by atoms with Gasteiger partial charge in [0, 0.05) is 11.7 Å². The van der Waals surface area contributed by atoms with Crippen LogP contribution in [0.3, 0.4) is 0 Å². The molecule has 0 atom stereocenters. The number of sulfonamides is 1. The molecule has 21 heavy (non-hydrogen) atoms. The molecule has 1 aromatic carbocycles. The third-order valence-corrected chi connectivity index (χ3v) is 6.06. The van der Waals surface area contributed by atoms with Crippen LogP contribution < -0.4 is 10.5 Å². The predicted octanol–water partition coefficient (Wildman–Crippen LogP) is 1.78. The summed E-state index contributed by atoms with van der Waals surface area (Å²) in [6.45, 7) is 5.41. The van der Waals surface area contributed by atoms with Gasteiger partial charge in [0.15, 0.2) is 0 Å². The minimum Gasteiger partial charge on any atom is -0.398 e. The molecule has 0 bridgehead atoms. The number of aryl methyl sites for hydroxylation is 2. The Kier molecular flexibility index (Phi) is 4.60. The Morgan fingerprint density at radius 2 is 1.71 bits per heavy atom. The first kappa shape index (κ1) is 16.3. The van der Waals surface area contributed by atoms with E-state index in [0.29, 0.717) is 42.5 Å². The molecule has 6 heteroatoms. The average Bonchev–Trinajstić information content (AvgIpc) is 2.38. The lowest BCUT2D eigenvalue weighted by Crippen LogP contribution is -2.39. The number of hydrogen-bond donors (Lipinski definition) is 3. The van der Waals surface area contributed by atoms with Crippen molar-refractivity contribution < 1.29 is 13.5 Å². The summed E-state index contributed by atoms with van der Waals surface area (Å²) >= 11 is 0. The molecule has 0 aromatic heterocycles. The van der Waals surface area contributed by atoms with Gasteiger partial charge in [-0.05, 0) is 63.1 Å². The fraction of sp³-hybridized carbons (Fsp3) is 0.600. The summed E-state index contributed by atoms with van der Waals surface area (Å²) in [5.41, 5.74) is 8.71. The van der Waals surface area contributed by atoms with Crippen molar-refractivity contribution in [1.82, 2.24) is 4.72 Å². The van der Waals surface area contributed by atoms with Crippen LogP contribution in [0.5, 0.6) is 0 Å². The van der Waals surface area contributed by atoms with Gasteiger partial charge in [0.25, 0.3) is 0 Å². The first-order chi connectivity index (χ1) is 9.72. The number of hydrogen-bond acceptors (Lipinski definition) is 4. The second kappa shape index (κ2) is 5.94. The number of aliphatic hydroxyl groups is 1. The Labute approximate surface area is 126 Å². The highest BCUT2D eigenvalue weighted by atomic mass is 32.2. The number of anilines is 1. The van der Waals surface area contributed by atoms with Gasteiger partial charge in [-0.3, -0.25) is 0 Å². The third-order valence-electron chi connectivity index (χ3n) is 4.25. The maximum atomic E-state index is 12.7. The summed E-state index contributed by atoms with van der Waals surface area (Å²) in [6.07, 6.45) is 2.31. The van der Waals surface area contributed by atoms with Crippen LogP contribution in [-0.2, 0) is 10.0 Å². The van der Waals surface area contributed by atoms with Crippen LogP contribution in [0, 0.1) is 20.8 Å². The highest BCUT2D eigenvalue weighted by Gasteiger charge is 2.27. The van der Waals surface area contributed by atoms with Crippen molar-refractivity contribution in [3.63, 3.8) is 0 Å². The fourth-order valence-electron chi connectivity index (χ4n) is 3.07. The van der Waals surface area contributed by atoms with Gasteiger partial charge < -0.3 is 10.8 Å². The number of rotatable bonds is 3. The smallest absolute Gasteiger partial charge is 0.241 e. The quantitative estimate of drug-likeness (QED) is 0.742. The Balaban J connectivity index is 2.30. The molecule has 1 aliphatic carbocycles. The molecule has 0 aliphatic heterocycles. The largest absolute Gasteiger partial charge is 0.398 e. The monoisotopic (exact) mass is 312 g/mol. The zero-order valence-corrected chi connectivity index (χ0v) is 13.6. The second-order valence-corrected chi connectivity index (χ2v) is 7.66. The molecule has 1 aliphatic rings. The molecular weight excluding hydrogens is 288 g/mol. The Hall–Kier alpha value is -1.11. The summed E-state index contributed by atoms with van der Waals surface area (Å²) in [6, 6.07) is 1.70. The predicted molar refractivity (Wildman–Crippen MR) is 83.6 cm³/mol. The molecule has 2 rings (SSSR count). The topological polar surface area (TPSA) is 92.4 Å². The molecular formula is C15H24N2O3S. The molecule has 1 aromatic rings. The fourth-order valence-corrected chi connectivity index (χ4v) is 4.86. The van der Waals surface area contributed by atoms with Gasteiger partial charge in [0.2, 0.25) is 10.0 Å². The van der Waals surface area contributed by atoms with Crippen LogP contribution in [0.15, 0.2) is 11.0 Å². The Bertz CT molecular complexity index is 633. The Morgan fingerprint density at radius 3 is 2.29 bits per heavy atom. The zero-order chi connectivity index (χ0) is 15.8. The summed E-state index contributed by atoms with van der Waals surface area (Å²) in [5.74, 6) is 0. The van der Waals surface area contributed by atoms with Crippen LogP contribution >= 0.6 is 0 Å². The molecule has 0 heterocycles. The lowest BCUT2D eigenvalue weighted by atomic mass is 9.94. The van der Waals surface area contributed by atoms with Crippen molar-refractivity contribution >= 4 is 15.7 Å². The number of nitrogens with one attached hydrogen (secondary N) is 1. The van der Waals surface area contributed by atoms with Crippen molar-refractivity contribution in [2.75, 3.05) is 5.73 Å². The molecule has 118 valence electrons. The molecule has 1 saturated carbocycles. The van der Waals surface area contributed by atoms with E-state index < -0.39 is 10.0 Å². The van der Waals surface area contributed by atoms with E-state index in [4.69, 9.17) is 5.73 Å². The highest BCUT2D eigenvalue weighted by Crippen LogP contribution is 2.29. The van der Waals surface area contributed by atoms with Crippen molar-refractivity contribution in [2.24, 2.45) is 0 Å². The molecule has 5 nitrogen and oxygen atoms in total. The van der Waals surface area contributed by atoms with E-state index in [9.17, 15) is 13.5 Å².